The number of fused-ring (bicyclic) bond motifs is 2. The largest absolute Gasteiger partial charge is 0.439 e. The van der Waals surface area contributed by atoms with E-state index in [0.717, 1.165) is 82.4 Å². The minimum Gasteiger partial charge on any atom is -0.439 e. The molecular formula is C28H36N8O2. The summed E-state index contributed by atoms with van der Waals surface area (Å²) in [6, 6.07) is 7.95. The minimum absolute atomic E-state index is 0.0428. The van der Waals surface area contributed by atoms with Crippen LogP contribution in [0, 0.1) is 0 Å². The number of aromatic nitrogens is 4. The Morgan fingerprint density at radius 3 is 2.66 bits per heavy atom. The molecule has 10 nitrogen and oxygen atoms in total. The van der Waals surface area contributed by atoms with Crippen molar-refractivity contribution in [3.8, 4) is 11.1 Å². The van der Waals surface area contributed by atoms with Crippen LogP contribution in [0.15, 0.2) is 35.7 Å². The number of ether oxygens (including phenoxy) is 2. The predicted octanol–water partition coefficient (Wildman–Crippen LogP) is 3.66. The van der Waals surface area contributed by atoms with Crippen molar-refractivity contribution in [1.29, 1.82) is 0 Å². The lowest BCUT2D eigenvalue weighted by molar-refractivity contribution is 0.0649. The molecule has 1 aromatic carbocycles. The summed E-state index contributed by atoms with van der Waals surface area (Å²) in [4.78, 5) is 4.73. The molecule has 3 aromatic rings. The van der Waals surface area contributed by atoms with Crippen molar-refractivity contribution >= 4 is 17.5 Å². The molecule has 1 unspecified atom stereocenters. The van der Waals surface area contributed by atoms with Crippen LogP contribution in [0.5, 0.6) is 0 Å². The van der Waals surface area contributed by atoms with Crippen molar-refractivity contribution in [2.75, 3.05) is 38.3 Å². The van der Waals surface area contributed by atoms with Gasteiger partial charge in [-0.2, -0.15) is 10.2 Å². The van der Waals surface area contributed by atoms with Crippen molar-refractivity contribution in [3.63, 3.8) is 0 Å². The monoisotopic (exact) mass is 516 g/mol. The first-order valence-electron chi connectivity index (χ1n) is 13.9. The lowest BCUT2D eigenvalue weighted by atomic mass is 9.96. The first-order chi connectivity index (χ1) is 18.5. The van der Waals surface area contributed by atoms with E-state index < -0.39 is 0 Å². The lowest BCUT2D eigenvalue weighted by Gasteiger charge is -2.33. The molecular weight excluding hydrogens is 480 g/mol. The summed E-state index contributed by atoms with van der Waals surface area (Å²) < 4.78 is 16.0. The van der Waals surface area contributed by atoms with E-state index in [1.165, 1.54) is 28.1 Å². The normalized spacial score (nSPS) is 21.8. The molecule has 0 bridgehead atoms. The third kappa shape index (κ3) is 4.02. The summed E-state index contributed by atoms with van der Waals surface area (Å²) in [5.74, 6) is 1.09. The third-order valence-electron chi connectivity index (χ3n) is 8.41. The van der Waals surface area contributed by atoms with Crippen LogP contribution in [0.2, 0.25) is 0 Å². The molecule has 0 N–H and O–H groups in total. The number of anilines is 2. The molecule has 4 aliphatic heterocycles. The van der Waals surface area contributed by atoms with Crippen LogP contribution in [-0.2, 0) is 35.9 Å². The zero-order valence-corrected chi connectivity index (χ0v) is 22.5. The maximum atomic E-state index is 6.09. The lowest BCUT2D eigenvalue weighted by Crippen LogP contribution is -2.38. The smallest absolute Gasteiger partial charge is 0.311 e. The highest BCUT2D eigenvalue weighted by atomic mass is 16.5. The van der Waals surface area contributed by atoms with Crippen LogP contribution in [0.3, 0.4) is 0 Å². The Morgan fingerprint density at radius 1 is 1.03 bits per heavy atom. The van der Waals surface area contributed by atoms with Crippen molar-refractivity contribution in [2.24, 2.45) is 12.1 Å². The molecule has 1 fully saturated rings. The first-order valence-corrected chi connectivity index (χ1v) is 13.9. The van der Waals surface area contributed by atoms with Crippen LogP contribution >= 0.6 is 0 Å². The Labute approximate surface area is 223 Å². The van der Waals surface area contributed by atoms with Crippen molar-refractivity contribution in [1.82, 2.24) is 29.5 Å². The molecule has 10 heteroatoms. The van der Waals surface area contributed by atoms with Crippen LogP contribution < -0.4 is 4.90 Å². The van der Waals surface area contributed by atoms with Gasteiger partial charge in [-0.05, 0) is 55.9 Å². The Kier molecular flexibility index (Phi) is 5.79. The standard InChI is InChI=1S/C28H36N8O2/c1-19-33(3)31-28(38-19)34-12-8-26-24(18-34)27(30-36(26)23-9-13-37-14-10-23)35-11-4-5-21-15-20(6-7-25(21)35)22-16-29-32(2)17-22/h6-7,15-17,19,23H,4-5,8-14,18H2,1-3H3. The van der Waals surface area contributed by atoms with Gasteiger partial charge >= 0.3 is 6.02 Å². The topological polar surface area (TPSA) is 76.2 Å². The maximum Gasteiger partial charge on any atom is 0.311 e. The number of aryl methyl sites for hydroxylation is 2. The molecule has 6 heterocycles. The van der Waals surface area contributed by atoms with Gasteiger partial charge in [0, 0.05) is 75.5 Å². The number of hydrazone groups is 1. The molecule has 2 aromatic heterocycles. The number of nitrogens with zero attached hydrogens (tertiary/aromatic N) is 8. The van der Waals surface area contributed by atoms with Crippen molar-refractivity contribution in [2.45, 2.75) is 57.8 Å². The fourth-order valence-electron chi connectivity index (χ4n) is 6.21. The summed E-state index contributed by atoms with van der Waals surface area (Å²) in [5.41, 5.74) is 7.68. The van der Waals surface area contributed by atoms with Crippen molar-refractivity contribution in [3.05, 3.63) is 47.4 Å². The van der Waals surface area contributed by atoms with E-state index in [9.17, 15) is 0 Å². The Bertz CT molecular complexity index is 1370. The van der Waals surface area contributed by atoms with E-state index in [1.54, 1.807) is 0 Å². The van der Waals surface area contributed by atoms with Gasteiger partial charge in [0.2, 0.25) is 0 Å². The fraction of sp³-hybridized carbons (Fsp3) is 0.536. The quantitative estimate of drug-likeness (QED) is 0.526. The molecule has 4 aliphatic rings. The third-order valence-corrected chi connectivity index (χ3v) is 8.41. The van der Waals surface area contributed by atoms with Crippen LogP contribution in [0.25, 0.3) is 11.1 Å². The average molecular weight is 517 g/mol. The van der Waals surface area contributed by atoms with Gasteiger partial charge in [-0.3, -0.25) is 14.4 Å². The number of benzene rings is 1. The molecule has 1 saturated heterocycles. The summed E-state index contributed by atoms with van der Waals surface area (Å²) in [6.45, 7) is 6.25. The number of hydrogen-bond donors (Lipinski definition) is 0. The maximum absolute atomic E-state index is 6.09. The molecule has 1 atom stereocenters. The molecule has 38 heavy (non-hydrogen) atoms. The van der Waals surface area contributed by atoms with Crippen LogP contribution in [0.4, 0.5) is 11.5 Å². The number of amidine groups is 1. The van der Waals surface area contributed by atoms with E-state index >= 15 is 0 Å². The van der Waals surface area contributed by atoms with Gasteiger partial charge in [0.1, 0.15) is 0 Å². The van der Waals surface area contributed by atoms with Gasteiger partial charge in [-0.1, -0.05) is 6.07 Å². The molecule has 0 amide bonds. The summed E-state index contributed by atoms with van der Waals surface area (Å²) in [5, 5.41) is 16.3. The Morgan fingerprint density at radius 2 is 1.89 bits per heavy atom. The fourth-order valence-corrected chi connectivity index (χ4v) is 6.21. The van der Waals surface area contributed by atoms with Crippen LogP contribution in [0.1, 0.15) is 49.0 Å². The predicted molar refractivity (Wildman–Crippen MR) is 145 cm³/mol. The van der Waals surface area contributed by atoms with E-state index in [1.807, 2.05) is 36.9 Å². The van der Waals surface area contributed by atoms with E-state index in [4.69, 9.17) is 14.6 Å². The molecule has 7 rings (SSSR count). The van der Waals surface area contributed by atoms with E-state index in [0.29, 0.717) is 6.04 Å². The van der Waals surface area contributed by atoms with E-state index in [-0.39, 0.29) is 6.23 Å². The SMILES string of the molecule is CC1OC(N2CCc3c(c(N4CCCc5cc(-c6cnn(C)c6)ccc54)nn3C3CCOCC3)C2)=NN1C. The summed E-state index contributed by atoms with van der Waals surface area (Å²) in [7, 11) is 3.93. The van der Waals surface area contributed by atoms with Crippen LogP contribution in [-0.4, -0.2) is 75.1 Å². The highest BCUT2D eigenvalue weighted by molar-refractivity contribution is 5.77. The molecule has 0 radical (unpaired) electrons. The number of hydrogen-bond acceptors (Lipinski definition) is 8. The molecule has 0 aliphatic carbocycles. The van der Waals surface area contributed by atoms with Gasteiger partial charge in [0.25, 0.3) is 0 Å². The van der Waals surface area contributed by atoms with Gasteiger partial charge in [0.05, 0.1) is 18.8 Å². The zero-order chi connectivity index (χ0) is 25.8. The van der Waals surface area contributed by atoms with Gasteiger partial charge in [0.15, 0.2) is 12.0 Å². The van der Waals surface area contributed by atoms with Gasteiger partial charge < -0.3 is 19.3 Å². The summed E-state index contributed by atoms with van der Waals surface area (Å²) in [6.07, 6.45) is 9.11. The Hall–Kier alpha value is -3.53. The number of rotatable bonds is 3. The Balaban J connectivity index is 1.27. The van der Waals surface area contributed by atoms with E-state index in [2.05, 4.69) is 49.1 Å². The molecule has 0 spiro atoms. The van der Waals surface area contributed by atoms with Gasteiger partial charge in [-0.15, -0.1) is 5.10 Å². The molecule has 0 saturated carbocycles. The average Bonchev–Trinajstić information content (AvgIpc) is 3.65. The first kappa shape index (κ1) is 23.6. The highest BCUT2D eigenvalue weighted by Gasteiger charge is 2.35. The van der Waals surface area contributed by atoms with Crippen molar-refractivity contribution < 1.29 is 9.47 Å². The zero-order valence-electron chi connectivity index (χ0n) is 22.5. The second kappa shape index (κ2) is 9.34. The molecule has 200 valence electrons. The summed E-state index contributed by atoms with van der Waals surface area (Å²) >= 11 is 0. The second-order valence-corrected chi connectivity index (χ2v) is 10.9. The second-order valence-electron chi connectivity index (χ2n) is 10.9. The highest BCUT2D eigenvalue weighted by Crippen LogP contribution is 2.40. The van der Waals surface area contributed by atoms with Gasteiger partial charge in [-0.25, -0.2) is 0 Å². The minimum atomic E-state index is -0.0428.